The van der Waals surface area contributed by atoms with E-state index in [1.807, 2.05) is 21.1 Å². The zero-order chi connectivity index (χ0) is 72.5. The maximum absolute atomic E-state index is 12.9. The summed E-state index contributed by atoms with van der Waals surface area (Å²) in [5, 5.41) is 0. The largest absolute Gasteiger partial charge is 0.472 e. The fourth-order valence-corrected chi connectivity index (χ4v) is 10.8. The molecule has 1 N–H and O–H groups in total. The molecule has 0 saturated heterocycles. The van der Waals surface area contributed by atoms with E-state index in [9.17, 15) is 19.0 Å². The van der Waals surface area contributed by atoms with Gasteiger partial charge in [0.05, 0.1) is 27.7 Å². The van der Waals surface area contributed by atoms with Crippen LogP contribution in [0.25, 0.3) is 0 Å². The highest BCUT2D eigenvalue weighted by atomic mass is 31.2. The van der Waals surface area contributed by atoms with Gasteiger partial charge in [0.1, 0.15) is 19.8 Å². The van der Waals surface area contributed by atoms with Crippen LogP contribution < -0.4 is 0 Å². The van der Waals surface area contributed by atoms with Gasteiger partial charge in [0.2, 0.25) is 0 Å². The van der Waals surface area contributed by atoms with Crippen molar-refractivity contribution in [2.24, 2.45) is 0 Å². The van der Waals surface area contributed by atoms with E-state index in [-0.39, 0.29) is 32.0 Å². The van der Waals surface area contributed by atoms with E-state index in [4.69, 9.17) is 18.5 Å². The SMILES string of the molecule is CC/C=C\C/C=C\C/C=C\C/C=C\C/C=C\C/C=C\C/C=C\C/C=C\C/C=C\C/C=C\C/C=C\CCCCCCCC(=O)OC(COC(=O)CCCCCCCCCCCCCCCCC/C=C\C/C=C\C/C=C\C/C=C\C/C=C\C/C=C\C/C=C\CC)COP(=O)(O)OCC[N+](C)(C)C. The van der Waals surface area contributed by atoms with Gasteiger partial charge >= 0.3 is 19.8 Å². The van der Waals surface area contributed by atoms with Crippen molar-refractivity contribution in [3.8, 4) is 0 Å². The van der Waals surface area contributed by atoms with E-state index >= 15 is 0 Å². The molecule has 0 aliphatic carbocycles. The molecular weight excluding hydrogens is 1250 g/mol. The van der Waals surface area contributed by atoms with Crippen molar-refractivity contribution >= 4 is 19.8 Å². The number of phosphoric ester groups is 1. The van der Waals surface area contributed by atoms with E-state index in [1.165, 1.54) is 83.5 Å². The average molecular weight is 1400 g/mol. The van der Waals surface area contributed by atoms with Crippen molar-refractivity contribution < 1.29 is 42.1 Å². The monoisotopic (exact) mass is 1400 g/mol. The maximum Gasteiger partial charge on any atom is 0.472 e. The molecule has 0 spiro atoms. The van der Waals surface area contributed by atoms with E-state index in [0.717, 1.165) is 167 Å². The van der Waals surface area contributed by atoms with Crippen LogP contribution in [0.1, 0.15) is 284 Å². The van der Waals surface area contributed by atoms with Crippen LogP contribution in [0, 0.1) is 0 Å². The summed E-state index contributed by atoms with van der Waals surface area (Å²) >= 11 is 0. The lowest BCUT2D eigenvalue weighted by Gasteiger charge is -2.24. The van der Waals surface area contributed by atoms with Crippen molar-refractivity contribution in [2.45, 2.75) is 290 Å². The number of allylic oxidation sites excluding steroid dienone is 36. The molecule has 2 unspecified atom stereocenters. The summed E-state index contributed by atoms with van der Waals surface area (Å²) < 4.78 is 34.8. The van der Waals surface area contributed by atoms with Crippen LogP contribution in [0.2, 0.25) is 0 Å². The number of likely N-dealkylation sites (N-methyl/N-ethyl adjacent to an activating group) is 1. The molecular formula is C90H145NO8P+. The molecule has 0 amide bonds. The summed E-state index contributed by atoms with van der Waals surface area (Å²) in [4.78, 5) is 36.0. The van der Waals surface area contributed by atoms with Crippen molar-refractivity contribution in [3.05, 3.63) is 219 Å². The normalized spacial score (nSPS) is 14.3. The number of hydrogen-bond donors (Lipinski definition) is 1. The van der Waals surface area contributed by atoms with Gasteiger partial charge < -0.3 is 18.9 Å². The molecule has 0 fully saturated rings. The Hall–Kier alpha value is -5.67. The summed E-state index contributed by atoms with van der Waals surface area (Å²) in [5.74, 6) is -0.830. The molecule has 0 bridgehead atoms. The number of quaternary nitrogens is 1. The first kappa shape index (κ1) is 94.3. The first-order valence-electron chi connectivity index (χ1n) is 39.5. The third-order valence-corrected chi connectivity index (χ3v) is 17.0. The number of unbranched alkanes of at least 4 members (excludes halogenated alkanes) is 20. The van der Waals surface area contributed by atoms with Gasteiger partial charge in [-0.1, -0.05) is 335 Å². The maximum atomic E-state index is 12.9. The van der Waals surface area contributed by atoms with Crippen LogP contribution in [0.5, 0.6) is 0 Å². The number of carbonyl (C=O) groups is 2. The third-order valence-electron chi connectivity index (χ3n) is 16.0. The summed E-state index contributed by atoms with van der Waals surface area (Å²) in [5.41, 5.74) is 0. The predicted molar refractivity (Wildman–Crippen MR) is 435 cm³/mol. The number of hydrogen-bond acceptors (Lipinski definition) is 7. The van der Waals surface area contributed by atoms with Crippen molar-refractivity contribution in [3.63, 3.8) is 0 Å². The average Bonchev–Trinajstić information content (AvgIpc) is 1.07. The second-order valence-corrected chi connectivity index (χ2v) is 28.1. The molecule has 0 saturated carbocycles. The highest BCUT2D eigenvalue weighted by Crippen LogP contribution is 2.43. The molecule has 0 heterocycles. The van der Waals surface area contributed by atoms with Gasteiger partial charge in [0, 0.05) is 12.8 Å². The highest BCUT2D eigenvalue weighted by molar-refractivity contribution is 7.47. The second-order valence-electron chi connectivity index (χ2n) is 26.6. The van der Waals surface area contributed by atoms with E-state index in [0.29, 0.717) is 17.4 Å². The van der Waals surface area contributed by atoms with E-state index < -0.39 is 26.5 Å². The summed E-state index contributed by atoms with van der Waals surface area (Å²) in [6, 6.07) is 0. The van der Waals surface area contributed by atoms with Gasteiger partial charge in [0.25, 0.3) is 0 Å². The van der Waals surface area contributed by atoms with Crippen molar-refractivity contribution in [2.75, 3.05) is 47.5 Å². The molecule has 0 aromatic carbocycles. The Morgan fingerprint density at radius 1 is 0.310 bits per heavy atom. The minimum Gasteiger partial charge on any atom is -0.462 e. The van der Waals surface area contributed by atoms with Gasteiger partial charge in [-0.3, -0.25) is 18.6 Å². The number of rotatable bonds is 70. The number of carbonyl (C=O) groups excluding carboxylic acids is 2. The molecule has 2 atom stereocenters. The lowest BCUT2D eigenvalue weighted by atomic mass is 10.0. The third kappa shape index (κ3) is 81.3. The summed E-state index contributed by atoms with van der Waals surface area (Å²) in [6.07, 6.45) is 123. The fourth-order valence-electron chi connectivity index (χ4n) is 10.1. The smallest absolute Gasteiger partial charge is 0.462 e. The Morgan fingerprint density at radius 2 is 0.540 bits per heavy atom. The number of phosphoric acid groups is 1. The Kier molecular flexibility index (Phi) is 73.1. The van der Waals surface area contributed by atoms with Crippen LogP contribution >= 0.6 is 7.82 Å². The van der Waals surface area contributed by atoms with Crippen LogP contribution in [0.15, 0.2) is 219 Å². The first-order valence-corrected chi connectivity index (χ1v) is 41.0. The van der Waals surface area contributed by atoms with Gasteiger partial charge in [-0.05, 0) is 154 Å². The molecule has 0 aliphatic rings. The van der Waals surface area contributed by atoms with Gasteiger partial charge in [-0.25, -0.2) is 4.57 Å². The van der Waals surface area contributed by atoms with Crippen LogP contribution in [-0.4, -0.2) is 74.9 Å². The predicted octanol–water partition coefficient (Wildman–Crippen LogP) is 26.7. The van der Waals surface area contributed by atoms with Crippen molar-refractivity contribution in [1.29, 1.82) is 0 Å². The molecule has 0 radical (unpaired) electrons. The van der Waals surface area contributed by atoms with Crippen LogP contribution in [0.3, 0.4) is 0 Å². The second kappa shape index (κ2) is 77.5. The zero-order valence-electron chi connectivity index (χ0n) is 64.1. The lowest BCUT2D eigenvalue weighted by molar-refractivity contribution is -0.870. The minimum atomic E-state index is -4.42. The fraction of sp³-hybridized carbons (Fsp3) is 0.578. The molecule has 0 aromatic rings. The topological polar surface area (TPSA) is 108 Å². The highest BCUT2D eigenvalue weighted by Gasteiger charge is 2.27. The standard InChI is InChI=1S/C90H144NO8P/c1-6-8-10-12-14-16-18-20-22-24-26-28-30-32-34-36-38-40-42-44-45-47-49-51-53-55-57-59-61-63-65-67-69-71-73-75-77-79-81-83-90(93)99-88(87-98-100(94,95)97-85-84-91(3,4)5)86-96-89(92)82-80-78-76-74-72-70-68-66-64-62-60-58-56-54-52-50-48-46-43-41-39-37-35-33-31-29-27-25-23-21-19-17-15-13-11-9-7-2/h8-11,14-17,20-23,26-29,32-35,38-41,44-46,48-49,51,55,57,61,63,67,69,88H,6-7,12-13,18-19,24-25,30-31,36-37,42-43,47,50,52-54,56,58-60,62,64-66,68,70-87H2,1-5H3/p+1/b10-8-,11-9-,16-14-,17-15-,22-20-,23-21-,28-26-,29-27-,34-32-,35-33-,40-38-,41-39-,45-44-,48-46-,51-49-,57-55-,63-61-,69-67-. The van der Waals surface area contributed by atoms with Gasteiger partial charge in [0.15, 0.2) is 6.10 Å². The molecule has 100 heavy (non-hydrogen) atoms. The summed E-state index contributed by atoms with van der Waals surface area (Å²) in [7, 11) is 1.44. The summed E-state index contributed by atoms with van der Waals surface area (Å²) in [6.45, 7) is 4.17. The minimum absolute atomic E-state index is 0.0170. The quantitative estimate of drug-likeness (QED) is 0.0211. The number of nitrogens with zero attached hydrogens (tertiary/aromatic N) is 1. The molecule has 562 valence electrons. The first-order chi connectivity index (χ1) is 49.0. The molecule has 0 aliphatic heterocycles. The Morgan fingerprint density at radius 3 is 0.800 bits per heavy atom. The van der Waals surface area contributed by atoms with Crippen LogP contribution in [0.4, 0.5) is 0 Å². The number of esters is 2. The molecule has 0 rings (SSSR count). The molecule has 10 heteroatoms. The number of ether oxygens (including phenoxy) is 2. The Bertz CT molecular complexity index is 2500. The Labute approximate surface area is 614 Å². The van der Waals surface area contributed by atoms with E-state index in [1.54, 1.807) is 0 Å². The van der Waals surface area contributed by atoms with Gasteiger partial charge in [-0.15, -0.1) is 0 Å². The van der Waals surface area contributed by atoms with Crippen molar-refractivity contribution in [1.82, 2.24) is 0 Å². The molecule has 9 nitrogen and oxygen atoms in total. The zero-order valence-corrected chi connectivity index (χ0v) is 65.0. The Balaban J connectivity index is 4.12. The van der Waals surface area contributed by atoms with Gasteiger partial charge in [-0.2, -0.15) is 0 Å². The molecule has 0 aromatic heterocycles. The lowest BCUT2D eigenvalue weighted by Crippen LogP contribution is -2.37. The van der Waals surface area contributed by atoms with Crippen LogP contribution in [-0.2, 0) is 32.7 Å². The van der Waals surface area contributed by atoms with E-state index in [2.05, 4.69) is 233 Å².